The van der Waals surface area contributed by atoms with E-state index in [4.69, 9.17) is 4.98 Å². The molecule has 2 aliphatic rings. The minimum Gasteiger partial charge on any atom is -0.478 e. The normalized spacial score (nSPS) is 17.5. The van der Waals surface area contributed by atoms with Crippen molar-refractivity contribution in [3.63, 3.8) is 0 Å². The van der Waals surface area contributed by atoms with E-state index in [-0.39, 0.29) is 0 Å². The van der Waals surface area contributed by atoms with Gasteiger partial charge in [0.1, 0.15) is 11.4 Å². The summed E-state index contributed by atoms with van der Waals surface area (Å²) in [5.41, 5.74) is 4.59. The van der Waals surface area contributed by atoms with Crippen molar-refractivity contribution >= 4 is 11.8 Å². The number of carbonyl (C=O) groups is 1. The maximum atomic E-state index is 12.4. The molecule has 0 bridgehead atoms. The molecule has 2 heterocycles. The summed E-state index contributed by atoms with van der Waals surface area (Å²) in [6.45, 7) is 1.81. The van der Waals surface area contributed by atoms with Crippen LogP contribution in [0.15, 0.2) is 30.3 Å². The monoisotopic (exact) mass is 350 g/mol. The van der Waals surface area contributed by atoms with Gasteiger partial charge in [-0.05, 0) is 56.1 Å². The quantitative estimate of drug-likeness (QED) is 0.815. The maximum absolute atomic E-state index is 12.4. The summed E-state index contributed by atoms with van der Waals surface area (Å²) in [5, 5.41) is 10.1. The zero-order valence-electron chi connectivity index (χ0n) is 15.2. The highest BCUT2D eigenvalue weighted by molar-refractivity contribution is 6.02. The molecular weight excluding hydrogens is 324 g/mol. The van der Waals surface area contributed by atoms with Crippen molar-refractivity contribution in [3.8, 4) is 11.1 Å². The van der Waals surface area contributed by atoms with Crippen molar-refractivity contribution in [2.45, 2.75) is 51.4 Å². The summed E-state index contributed by atoms with van der Waals surface area (Å²) in [6, 6.07) is 10.0. The van der Waals surface area contributed by atoms with Crippen LogP contribution in [-0.2, 0) is 12.8 Å². The number of hydrogen-bond donors (Lipinski definition) is 1. The first kappa shape index (κ1) is 17.1. The molecule has 4 rings (SSSR count). The molecule has 1 aliphatic heterocycles. The number of anilines is 1. The van der Waals surface area contributed by atoms with Gasteiger partial charge in [0, 0.05) is 24.3 Å². The van der Waals surface area contributed by atoms with Gasteiger partial charge in [-0.2, -0.15) is 0 Å². The fraction of sp³-hybridized carbons (Fsp3) is 0.455. The van der Waals surface area contributed by atoms with Crippen molar-refractivity contribution in [2.75, 3.05) is 18.0 Å². The van der Waals surface area contributed by atoms with Crippen LogP contribution in [0.1, 0.15) is 60.1 Å². The number of hydrogen-bond acceptors (Lipinski definition) is 3. The third-order valence-corrected chi connectivity index (χ3v) is 5.64. The van der Waals surface area contributed by atoms with E-state index in [1.54, 1.807) is 0 Å². The Balaban J connectivity index is 1.97. The first-order valence-corrected chi connectivity index (χ1v) is 9.85. The van der Waals surface area contributed by atoms with Crippen molar-refractivity contribution in [3.05, 3.63) is 47.2 Å². The Hall–Kier alpha value is -2.36. The fourth-order valence-electron chi connectivity index (χ4n) is 4.37. The van der Waals surface area contributed by atoms with E-state index >= 15 is 0 Å². The Kier molecular flexibility index (Phi) is 4.91. The second-order valence-electron chi connectivity index (χ2n) is 7.39. The van der Waals surface area contributed by atoms with Crippen LogP contribution in [0, 0.1) is 0 Å². The van der Waals surface area contributed by atoms with Gasteiger partial charge in [0.05, 0.1) is 0 Å². The maximum Gasteiger partial charge on any atom is 0.340 e. The lowest BCUT2D eigenvalue weighted by atomic mass is 9.91. The molecule has 0 spiro atoms. The van der Waals surface area contributed by atoms with Crippen molar-refractivity contribution in [1.29, 1.82) is 0 Å². The highest BCUT2D eigenvalue weighted by atomic mass is 16.4. The minimum atomic E-state index is -0.857. The second kappa shape index (κ2) is 7.48. The van der Waals surface area contributed by atoms with E-state index < -0.39 is 5.97 Å². The molecule has 0 saturated carbocycles. The van der Waals surface area contributed by atoms with Gasteiger partial charge < -0.3 is 10.0 Å². The van der Waals surface area contributed by atoms with Gasteiger partial charge in [0.2, 0.25) is 0 Å². The minimum absolute atomic E-state index is 0.402. The van der Waals surface area contributed by atoms with Crippen LogP contribution in [-0.4, -0.2) is 29.1 Å². The molecule has 0 amide bonds. The molecule has 2 aromatic rings. The average molecular weight is 350 g/mol. The number of aryl methyl sites for hydroxylation is 1. The summed E-state index contributed by atoms with van der Waals surface area (Å²) in [7, 11) is 0. The van der Waals surface area contributed by atoms with Gasteiger partial charge in [-0.25, -0.2) is 9.78 Å². The lowest BCUT2D eigenvalue weighted by molar-refractivity contribution is 0.0697. The lowest BCUT2D eigenvalue weighted by Crippen LogP contribution is -2.32. The van der Waals surface area contributed by atoms with Gasteiger partial charge in [-0.1, -0.05) is 36.8 Å². The van der Waals surface area contributed by atoms with E-state index in [1.165, 1.54) is 12.8 Å². The Morgan fingerprint density at radius 3 is 2.35 bits per heavy atom. The molecule has 4 heteroatoms. The smallest absolute Gasteiger partial charge is 0.340 e. The third kappa shape index (κ3) is 3.20. The van der Waals surface area contributed by atoms with Crippen LogP contribution in [0.3, 0.4) is 0 Å². The average Bonchev–Trinajstić information content (AvgIpc) is 2.93. The van der Waals surface area contributed by atoms with Crippen LogP contribution >= 0.6 is 0 Å². The molecule has 136 valence electrons. The molecule has 1 saturated heterocycles. The predicted molar refractivity (Wildman–Crippen MR) is 104 cm³/mol. The lowest BCUT2D eigenvalue weighted by Gasteiger charge is -2.31. The Labute approximate surface area is 154 Å². The number of piperidine rings is 1. The number of benzene rings is 1. The SMILES string of the molecule is O=C(O)c1c(N2CCCCC2)nc2c(c1-c1ccccc1)CCCCC2. The van der Waals surface area contributed by atoms with Crippen molar-refractivity contribution in [1.82, 2.24) is 4.98 Å². The van der Waals surface area contributed by atoms with Gasteiger partial charge in [-0.15, -0.1) is 0 Å². The number of aromatic nitrogens is 1. The van der Waals surface area contributed by atoms with Crippen molar-refractivity contribution in [2.24, 2.45) is 0 Å². The van der Waals surface area contributed by atoms with Crippen LogP contribution in [0.5, 0.6) is 0 Å². The topological polar surface area (TPSA) is 53.4 Å². The number of fused-ring (bicyclic) bond motifs is 1. The second-order valence-corrected chi connectivity index (χ2v) is 7.39. The molecule has 1 aromatic heterocycles. The Bertz CT molecular complexity index is 796. The van der Waals surface area contributed by atoms with Crippen LogP contribution in [0.25, 0.3) is 11.1 Å². The molecule has 0 atom stereocenters. The first-order chi connectivity index (χ1) is 12.8. The van der Waals surface area contributed by atoms with Gasteiger partial charge in [-0.3, -0.25) is 0 Å². The molecule has 0 unspecified atom stereocenters. The Morgan fingerprint density at radius 2 is 1.62 bits per heavy atom. The zero-order valence-corrected chi connectivity index (χ0v) is 15.2. The molecule has 4 nitrogen and oxygen atoms in total. The van der Waals surface area contributed by atoms with Gasteiger partial charge in [0.25, 0.3) is 0 Å². The molecule has 1 aromatic carbocycles. The van der Waals surface area contributed by atoms with E-state index in [0.29, 0.717) is 11.4 Å². The molecule has 0 radical (unpaired) electrons. The number of carboxylic acids is 1. The summed E-state index contributed by atoms with van der Waals surface area (Å²) < 4.78 is 0. The van der Waals surface area contributed by atoms with E-state index in [2.05, 4.69) is 4.90 Å². The molecule has 1 fully saturated rings. The molecule has 1 aliphatic carbocycles. The standard InChI is InChI=1S/C22H26N2O2/c25-22(26)20-19(16-10-4-1-5-11-16)17-12-6-2-7-13-18(17)23-21(20)24-14-8-3-9-15-24/h1,4-5,10-11H,2-3,6-9,12-15H2,(H,25,26). The highest BCUT2D eigenvalue weighted by Gasteiger charge is 2.28. The summed E-state index contributed by atoms with van der Waals surface area (Å²) >= 11 is 0. The number of rotatable bonds is 3. The van der Waals surface area contributed by atoms with Gasteiger partial charge >= 0.3 is 5.97 Å². The summed E-state index contributed by atoms with van der Waals surface area (Å²) in [5.74, 6) is -0.166. The summed E-state index contributed by atoms with van der Waals surface area (Å²) in [6.07, 6.45) is 8.75. The molecule has 1 N–H and O–H groups in total. The highest BCUT2D eigenvalue weighted by Crippen LogP contribution is 2.38. The third-order valence-electron chi connectivity index (χ3n) is 5.64. The first-order valence-electron chi connectivity index (χ1n) is 9.85. The largest absolute Gasteiger partial charge is 0.478 e. The number of carboxylic acid groups (broad SMARTS) is 1. The van der Waals surface area contributed by atoms with Crippen LogP contribution in [0.2, 0.25) is 0 Å². The fourth-order valence-corrected chi connectivity index (χ4v) is 4.37. The molecule has 26 heavy (non-hydrogen) atoms. The van der Waals surface area contributed by atoms with Crippen LogP contribution < -0.4 is 4.90 Å². The Morgan fingerprint density at radius 1 is 0.923 bits per heavy atom. The summed E-state index contributed by atoms with van der Waals surface area (Å²) in [4.78, 5) is 19.5. The van der Waals surface area contributed by atoms with E-state index in [0.717, 1.165) is 74.0 Å². The van der Waals surface area contributed by atoms with Crippen molar-refractivity contribution < 1.29 is 9.90 Å². The van der Waals surface area contributed by atoms with E-state index in [1.807, 2.05) is 30.3 Å². The van der Waals surface area contributed by atoms with E-state index in [9.17, 15) is 9.90 Å². The van der Waals surface area contributed by atoms with Crippen LogP contribution in [0.4, 0.5) is 5.82 Å². The zero-order chi connectivity index (χ0) is 17.9. The predicted octanol–water partition coefficient (Wildman–Crippen LogP) is 4.71. The number of pyridine rings is 1. The molecular formula is C22H26N2O2. The number of nitrogens with zero attached hydrogens (tertiary/aromatic N) is 2. The number of aromatic carboxylic acids is 1. The van der Waals surface area contributed by atoms with Gasteiger partial charge in [0.15, 0.2) is 0 Å².